The predicted molar refractivity (Wildman–Crippen MR) is 88.7 cm³/mol. The van der Waals surface area contributed by atoms with Gasteiger partial charge < -0.3 is 8.85 Å². The number of esters is 1. The van der Waals surface area contributed by atoms with Crippen LogP contribution in [-0.4, -0.2) is 31.1 Å². The topological polar surface area (TPSA) is 35.5 Å². The van der Waals surface area contributed by atoms with Gasteiger partial charge >= 0.3 is 5.97 Å². The molecule has 110 valence electrons. The van der Waals surface area contributed by atoms with Crippen LogP contribution in [0.5, 0.6) is 0 Å². The Morgan fingerprint density at radius 2 is 1.80 bits per heavy atom. The molecule has 0 aliphatic heterocycles. The monoisotopic (exact) mass is 308 g/mol. The fraction of sp³-hybridized carbons (Fsp3) is 0.400. The minimum absolute atomic E-state index is 0.131. The molecule has 0 saturated heterocycles. The third kappa shape index (κ3) is 4.74. The van der Waals surface area contributed by atoms with Crippen molar-refractivity contribution in [1.29, 1.82) is 0 Å². The summed E-state index contributed by atoms with van der Waals surface area (Å²) in [5.41, 5.74) is -0.546. The van der Waals surface area contributed by atoms with E-state index in [1.807, 2.05) is 32.0 Å². The van der Waals surface area contributed by atoms with Gasteiger partial charge in [-0.15, -0.1) is 0 Å². The highest BCUT2D eigenvalue weighted by atomic mass is 28.3. The van der Waals surface area contributed by atoms with Gasteiger partial charge in [0.05, 0.1) is 0 Å². The lowest BCUT2D eigenvalue weighted by Crippen LogP contribution is -2.43. The highest BCUT2D eigenvalue weighted by molar-refractivity contribution is 6.55. The van der Waals surface area contributed by atoms with Crippen LogP contribution in [0.15, 0.2) is 43.0 Å². The van der Waals surface area contributed by atoms with Crippen LogP contribution < -0.4 is 5.19 Å². The Hall–Kier alpha value is -1.18. The van der Waals surface area contributed by atoms with E-state index in [0.717, 1.165) is 0 Å². The van der Waals surface area contributed by atoms with E-state index < -0.39 is 25.1 Å². The second-order valence-corrected chi connectivity index (χ2v) is 10.8. The lowest BCUT2D eigenvalue weighted by Gasteiger charge is -2.40. The van der Waals surface area contributed by atoms with Gasteiger partial charge in [-0.3, -0.25) is 0 Å². The van der Waals surface area contributed by atoms with Crippen LogP contribution in [0, 0.1) is 0 Å². The second kappa shape index (κ2) is 7.01. The van der Waals surface area contributed by atoms with Gasteiger partial charge in [-0.2, -0.15) is 0 Å². The zero-order valence-corrected chi connectivity index (χ0v) is 15.6. The summed E-state index contributed by atoms with van der Waals surface area (Å²) in [6.07, 6.45) is 1.21. The Kier molecular flexibility index (Phi) is 5.92. The Labute approximate surface area is 126 Å². The van der Waals surface area contributed by atoms with Gasteiger partial charge in [0.1, 0.15) is 5.60 Å². The molecular weight excluding hydrogens is 284 g/mol. The molecule has 20 heavy (non-hydrogen) atoms. The van der Waals surface area contributed by atoms with Crippen molar-refractivity contribution in [3.8, 4) is 0 Å². The average Bonchev–Trinajstić information content (AvgIpc) is 2.39. The Morgan fingerprint density at radius 3 is 2.35 bits per heavy atom. The molecule has 0 fully saturated rings. The van der Waals surface area contributed by atoms with Gasteiger partial charge in [-0.1, -0.05) is 50.8 Å². The molecule has 0 aliphatic rings. The molecule has 0 atom stereocenters. The average molecular weight is 309 g/mol. The first kappa shape index (κ1) is 16.9. The molecule has 0 amide bonds. The van der Waals surface area contributed by atoms with Crippen LogP contribution in [0.25, 0.3) is 0 Å². The van der Waals surface area contributed by atoms with Gasteiger partial charge in [0.2, 0.25) is 0 Å². The first-order valence-corrected chi connectivity index (χ1v) is 9.32. The van der Waals surface area contributed by atoms with E-state index in [2.05, 4.69) is 32.6 Å². The maximum atomic E-state index is 11.4. The van der Waals surface area contributed by atoms with Crippen molar-refractivity contribution in [2.75, 3.05) is 0 Å². The van der Waals surface area contributed by atoms with Crippen LogP contribution >= 0.6 is 0 Å². The smallest absolute Gasteiger partial charge is 0.330 e. The van der Waals surface area contributed by atoms with Crippen molar-refractivity contribution in [2.45, 2.75) is 38.3 Å². The Balaban J connectivity index is 2.55. The number of carbonyl (C=O) groups excluding carboxylic acids is 1. The van der Waals surface area contributed by atoms with Crippen molar-refractivity contribution in [1.82, 2.24) is 0 Å². The summed E-state index contributed by atoms with van der Waals surface area (Å²) in [5, 5.41) is 1.17. The Morgan fingerprint density at radius 1 is 1.20 bits per heavy atom. The van der Waals surface area contributed by atoms with Gasteiger partial charge in [0, 0.05) is 11.1 Å². The molecule has 1 rings (SSSR count). The zero-order valence-electron chi connectivity index (χ0n) is 12.8. The molecule has 0 aliphatic carbocycles. The molecule has 0 radical (unpaired) electrons. The van der Waals surface area contributed by atoms with Crippen molar-refractivity contribution < 1.29 is 13.6 Å². The summed E-state index contributed by atoms with van der Waals surface area (Å²) in [6.45, 7) is 11.5. The summed E-state index contributed by atoms with van der Waals surface area (Å²) in [7, 11) is -1.49. The molecule has 0 heterocycles. The van der Waals surface area contributed by atoms with E-state index in [4.69, 9.17) is 8.85 Å². The molecular formula is C15H24O3Si2. The largest absolute Gasteiger partial charge is 0.461 e. The second-order valence-electron chi connectivity index (χ2n) is 6.00. The quantitative estimate of drug-likeness (QED) is 0.431. The molecule has 5 heteroatoms. The van der Waals surface area contributed by atoms with Crippen LogP contribution in [-0.2, 0) is 13.6 Å². The van der Waals surface area contributed by atoms with Crippen LogP contribution in [0.3, 0.4) is 0 Å². The minimum atomic E-state index is -0.809. The third-order valence-electron chi connectivity index (χ3n) is 3.73. The summed E-state index contributed by atoms with van der Waals surface area (Å²) in [4.78, 5) is 11.4. The summed E-state index contributed by atoms with van der Waals surface area (Å²) in [5.74, 6) is -0.377. The number of hydrogen-bond acceptors (Lipinski definition) is 3. The van der Waals surface area contributed by atoms with Gasteiger partial charge in [0.25, 0.3) is 0 Å². The maximum Gasteiger partial charge on any atom is 0.330 e. The standard InChI is InChI=1S/C15H24O3Si2/c1-6-13(16)17-14(2,3)15(4,5)20-18-19-12-10-8-7-9-11-12/h6-11H,1,19-20H2,2-5H3. The van der Waals surface area contributed by atoms with Crippen molar-refractivity contribution in [2.24, 2.45) is 0 Å². The fourth-order valence-corrected chi connectivity index (χ4v) is 5.88. The number of rotatable bonds is 7. The van der Waals surface area contributed by atoms with E-state index in [1.54, 1.807) is 0 Å². The molecule has 0 saturated carbocycles. The van der Waals surface area contributed by atoms with Crippen molar-refractivity contribution in [3.63, 3.8) is 0 Å². The zero-order chi connectivity index (χ0) is 15.2. The first-order valence-electron chi connectivity index (χ1n) is 6.75. The van der Waals surface area contributed by atoms with E-state index in [0.29, 0.717) is 0 Å². The predicted octanol–water partition coefficient (Wildman–Crippen LogP) is 1.20. The fourth-order valence-electron chi connectivity index (χ4n) is 1.60. The number of carbonyl (C=O) groups is 1. The molecule has 0 spiro atoms. The van der Waals surface area contributed by atoms with Crippen LogP contribution in [0.1, 0.15) is 27.7 Å². The maximum absolute atomic E-state index is 11.4. The Bertz CT molecular complexity index is 455. The molecule has 0 bridgehead atoms. The number of hydrogen-bond donors (Lipinski definition) is 0. The van der Waals surface area contributed by atoms with E-state index in [1.165, 1.54) is 11.3 Å². The van der Waals surface area contributed by atoms with Crippen LogP contribution in [0.4, 0.5) is 0 Å². The molecule has 3 nitrogen and oxygen atoms in total. The van der Waals surface area contributed by atoms with Crippen molar-refractivity contribution in [3.05, 3.63) is 43.0 Å². The van der Waals surface area contributed by atoms with Crippen LogP contribution in [0.2, 0.25) is 5.04 Å². The lowest BCUT2D eigenvalue weighted by atomic mass is 9.93. The highest BCUT2D eigenvalue weighted by Crippen LogP contribution is 2.39. The highest BCUT2D eigenvalue weighted by Gasteiger charge is 2.40. The van der Waals surface area contributed by atoms with E-state index in [9.17, 15) is 4.79 Å². The number of ether oxygens (including phenoxy) is 1. The molecule has 0 aromatic heterocycles. The SMILES string of the molecule is C=CC(=O)OC(C)(C)C(C)(C)[SiH2]O[SiH2]c1ccccc1. The molecule has 1 aromatic rings. The summed E-state index contributed by atoms with van der Waals surface area (Å²) < 4.78 is 11.5. The van der Waals surface area contributed by atoms with Gasteiger partial charge in [-0.05, 0) is 19.0 Å². The lowest BCUT2D eigenvalue weighted by molar-refractivity contribution is -0.153. The normalized spacial score (nSPS) is 13.2. The van der Waals surface area contributed by atoms with E-state index >= 15 is 0 Å². The van der Waals surface area contributed by atoms with Gasteiger partial charge in [-0.25, -0.2) is 4.79 Å². The van der Waals surface area contributed by atoms with Gasteiger partial charge in [0.15, 0.2) is 19.5 Å². The summed E-state index contributed by atoms with van der Waals surface area (Å²) in [6, 6.07) is 10.3. The van der Waals surface area contributed by atoms with Crippen molar-refractivity contribution >= 4 is 30.7 Å². The molecule has 0 unspecified atom stereocenters. The molecule has 1 aromatic carbocycles. The first-order chi connectivity index (χ1) is 9.28. The minimum Gasteiger partial charge on any atom is -0.461 e. The third-order valence-corrected chi connectivity index (χ3v) is 7.74. The van der Waals surface area contributed by atoms with E-state index in [-0.39, 0.29) is 11.0 Å². The number of benzene rings is 1. The molecule has 0 N–H and O–H groups in total. The summed E-state index contributed by atoms with van der Waals surface area (Å²) >= 11 is 0.